The predicted molar refractivity (Wildman–Crippen MR) is 122 cm³/mol. The second-order valence-corrected chi connectivity index (χ2v) is 8.36. The third-order valence-electron chi connectivity index (χ3n) is 4.67. The molecule has 0 aromatic heterocycles. The van der Waals surface area contributed by atoms with E-state index >= 15 is 0 Å². The summed E-state index contributed by atoms with van der Waals surface area (Å²) >= 11 is 0. The molecule has 0 saturated heterocycles. The first-order valence-electron chi connectivity index (χ1n) is 10.1. The van der Waals surface area contributed by atoms with Crippen molar-refractivity contribution in [2.24, 2.45) is 0 Å². The molecule has 3 rings (SSSR count). The molecule has 0 aliphatic heterocycles. The molecule has 1 amide bonds. The highest BCUT2D eigenvalue weighted by Gasteiger charge is 2.20. The van der Waals surface area contributed by atoms with Gasteiger partial charge in [-0.1, -0.05) is 56.7 Å². The van der Waals surface area contributed by atoms with Crippen LogP contribution in [0.2, 0.25) is 0 Å². The van der Waals surface area contributed by atoms with Crippen LogP contribution in [0.1, 0.15) is 42.3 Å². The number of hydrogen-bond donors (Lipinski definition) is 1. The number of anilines is 1. The number of carbonyl (C=O) groups is 2. The van der Waals surface area contributed by atoms with Crippen LogP contribution in [-0.4, -0.2) is 18.5 Å². The molecule has 0 spiro atoms. The minimum atomic E-state index is -0.512. The highest BCUT2D eigenvalue weighted by molar-refractivity contribution is 6.04. The van der Waals surface area contributed by atoms with E-state index in [1.54, 1.807) is 24.3 Å². The smallest absolute Gasteiger partial charge is 0.349 e. The van der Waals surface area contributed by atoms with Gasteiger partial charge in [-0.25, -0.2) is 4.79 Å². The second kappa shape index (κ2) is 9.47. The Labute approximate surface area is 183 Å². The van der Waals surface area contributed by atoms with E-state index in [9.17, 15) is 9.59 Å². The maximum Gasteiger partial charge on any atom is 0.349 e. The molecule has 0 heterocycles. The van der Waals surface area contributed by atoms with Crippen LogP contribution < -0.4 is 14.8 Å². The summed E-state index contributed by atoms with van der Waals surface area (Å²) in [5.41, 5.74) is 3.24. The molecule has 0 fully saturated rings. The first-order chi connectivity index (χ1) is 14.7. The SMILES string of the molecule is Cc1ccc(OCC(=O)Oc2ccc(C(=O)Nc3ccccc3)cc2)c(C(C)(C)C)c1. The van der Waals surface area contributed by atoms with Crippen molar-refractivity contribution in [1.82, 2.24) is 0 Å². The Balaban J connectivity index is 1.57. The zero-order chi connectivity index (χ0) is 22.4. The Kier molecular flexibility index (Phi) is 6.75. The van der Waals surface area contributed by atoms with Crippen molar-refractivity contribution in [3.05, 3.63) is 89.5 Å². The van der Waals surface area contributed by atoms with E-state index in [-0.39, 0.29) is 17.9 Å². The summed E-state index contributed by atoms with van der Waals surface area (Å²) in [6.45, 7) is 8.12. The highest BCUT2D eigenvalue weighted by atomic mass is 16.6. The average Bonchev–Trinajstić information content (AvgIpc) is 2.73. The number of amides is 1. The Morgan fingerprint density at radius 1 is 0.903 bits per heavy atom. The number of nitrogens with one attached hydrogen (secondary N) is 1. The largest absolute Gasteiger partial charge is 0.482 e. The fourth-order valence-corrected chi connectivity index (χ4v) is 3.05. The summed E-state index contributed by atoms with van der Waals surface area (Å²) in [4.78, 5) is 24.6. The number of rotatable bonds is 6. The lowest BCUT2D eigenvalue weighted by atomic mass is 9.85. The van der Waals surface area contributed by atoms with Crippen molar-refractivity contribution in [3.8, 4) is 11.5 Å². The van der Waals surface area contributed by atoms with Crippen molar-refractivity contribution < 1.29 is 19.1 Å². The first kappa shape index (κ1) is 22.1. The van der Waals surface area contributed by atoms with Crippen LogP contribution in [0.3, 0.4) is 0 Å². The summed E-state index contributed by atoms with van der Waals surface area (Å²) in [5, 5.41) is 2.81. The lowest BCUT2D eigenvalue weighted by Crippen LogP contribution is -2.20. The van der Waals surface area contributed by atoms with Gasteiger partial charge >= 0.3 is 5.97 Å². The fraction of sp³-hybridized carbons (Fsp3) is 0.231. The molecule has 0 unspecified atom stereocenters. The van der Waals surface area contributed by atoms with Crippen molar-refractivity contribution in [3.63, 3.8) is 0 Å². The van der Waals surface area contributed by atoms with E-state index in [0.717, 1.165) is 11.1 Å². The third-order valence-corrected chi connectivity index (χ3v) is 4.67. The molecule has 0 aliphatic carbocycles. The summed E-state index contributed by atoms with van der Waals surface area (Å²) in [6.07, 6.45) is 0. The Morgan fingerprint density at radius 3 is 2.23 bits per heavy atom. The minimum Gasteiger partial charge on any atom is -0.482 e. The van der Waals surface area contributed by atoms with Crippen molar-refractivity contribution in [2.75, 3.05) is 11.9 Å². The van der Waals surface area contributed by atoms with E-state index in [1.165, 1.54) is 0 Å². The maximum atomic E-state index is 12.3. The molecule has 0 aliphatic rings. The molecule has 1 N–H and O–H groups in total. The number of benzene rings is 3. The van der Waals surface area contributed by atoms with Gasteiger partial charge in [0.05, 0.1) is 0 Å². The molecule has 31 heavy (non-hydrogen) atoms. The third kappa shape index (κ3) is 6.19. The standard InChI is InChI=1S/C26H27NO4/c1-18-10-15-23(22(16-18)26(2,3)4)30-17-24(28)31-21-13-11-19(12-14-21)25(29)27-20-8-6-5-7-9-20/h5-16H,17H2,1-4H3,(H,27,29). The summed E-state index contributed by atoms with van der Waals surface area (Å²) in [6, 6.07) is 21.5. The molecule has 0 saturated carbocycles. The molecule has 160 valence electrons. The zero-order valence-corrected chi connectivity index (χ0v) is 18.3. The zero-order valence-electron chi connectivity index (χ0n) is 18.3. The lowest BCUT2D eigenvalue weighted by Gasteiger charge is -2.23. The quantitative estimate of drug-likeness (QED) is 0.423. The van der Waals surface area contributed by atoms with Gasteiger partial charge in [-0.15, -0.1) is 0 Å². The van der Waals surface area contributed by atoms with Gasteiger partial charge in [0.1, 0.15) is 11.5 Å². The molecule has 0 bridgehead atoms. The maximum absolute atomic E-state index is 12.3. The summed E-state index contributed by atoms with van der Waals surface area (Å²) < 4.78 is 11.1. The van der Waals surface area contributed by atoms with Crippen LogP contribution in [0.15, 0.2) is 72.8 Å². The summed E-state index contributed by atoms with van der Waals surface area (Å²) in [5.74, 6) is 0.274. The van der Waals surface area contributed by atoms with Gasteiger partial charge in [0.2, 0.25) is 0 Å². The van der Waals surface area contributed by atoms with E-state index in [1.807, 2.05) is 49.4 Å². The minimum absolute atomic E-state index is 0.110. The average molecular weight is 418 g/mol. The van der Waals surface area contributed by atoms with Crippen LogP contribution in [0.4, 0.5) is 5.69 Å². The van der Waals surface area contributed by atoms with E-state index < -0.39 is 5.97 Å². The molecule has 3 aromatic carbocycles. The van der Waals surface area contributed by atoms with Crippen LogP contribution in [0.5, 0.6) is 11.5 Å². The number of ether oxygens (including phenoxy) is 2. The number of para-hydroxylation sites is 1. The number of hydrogen-bond acceptors (Lipinski definition) is 4. The van der Waals surface area contributed by atoms with Crippen LogP contribution >= 0.6 is 0 Å². The molecule has 0 atom stereocenters. The number of aryl methyl sites for hydroxylation is 1. The highest BCUT2D eigenvalue weighted by Crippen LogP contribution is 2.32. The second-order valence-electron chi connectivity index (χ2n) is 8.36. The molecular weight excluding hydrogens is 390 g/mol. The van der Waals surface area contributed by atoms with Crippen molar-refractivity contribution in [2.45, 2.75) is 33.1 Å². The van der Waals surface area contributed by atoms with Crippen molar-refractivity contribution >= 4 is 17.6 Å². The van der Waals surface area contributed by atoms with Gasteiger partial charge in [0.15, 0.2) is 6.61 Å². The first-order valence-corrected chi connectivity index (χ1v) is 10.1. The Bertz CT molecular complexity index is 1050. The molecule has 5 heteroatoms. The number of esters is 1. The monoisotopic (exact) mass is 417 g/mol. The Hall–Kier alpha value is -3.60. The van der Waals surface area contributed by atoms with Gasteiger partial charge < -0.3 is 14.8 Å². The normalized spacial score (nSPS) is 11.0. The van der Waals surface area contributed by atoms with Crippen LogP contribution in [-0.2, 0) is 10.2 Å². The van der Waals surface area contributed by atoms with Gasteiger partial charge in [-0.2, -0.15) is 0 Å². The predicted octanol–water partition coefficient (Wildman–Crippen LogP) is 5.53. The van der Waals surface area contributed by atoms with Gasteiger partial charge in [0.25, 0.3) is 5.91 Å². The van der Waals surface area contributed by atoms with Gasteiger partial charge in [0, 0.05) is 11.3 Å². The van der Waals surface area contributed by atoms with E-state index in [4.69, 9.17) is 9.47 Å². The Morgan fingerprint density at radius 2 is 1.58 bits per heavy atom. The topological polar surface area (TPSA) is 64.6 Å². The van der Waals surface area contributed by atoms with Crippen LogP contribution in [0.25, 0.3) is 0 Å². The summed E-state index contributed by atoms with van der Waals surface area (Å²) in [7, 11) is 0. The fourth-order valence-electron chi connectivity index (χ4n) is 3.05. The van der Waals surface area contributed by atoms with Gasteiger partial charge in [-0.05, 0) is 60.4 Å². The lowest BCUT2D eigenvalue weighted by molar-refractivity contribution is -0.136. The molecule has 0 radical (unpaired) electrons. The van der Waals surface area contributed by atoms with Crippen molar-refractivity contribution in [1.29, 1.82) is 0 Å². The van der Waals surface area contributed by atoms with Crippen LogP contribution in [0, 0.1) is 6.92 Å². The molecule has 5 nitrogen and oxygen atoms in total. The van der Waals surface area contributed by atoms with E-state index in [2.05, 4.69) is 32.2 Å². The van der Waals surface area contributed by atoms with E-state index in [0.29, 0.717) is 22.7 Å². The molecular formula is C26H27NO4. The van der Waals surface area contributed by atoms with Gasteiger partial charge in [-0.3, -0.25) is 4.79 Å². The number of carbonyl (C=O) groups excluding carboxylic acids is 2. The molecule has 3 aromatic rings.